The van der Waals surface area contributed by atoms with Crippen LogP contribution >= 0.6 is 27.7 Å². The second-order valence-corrected chi connectivity index (χ2v) is 5.60. The molecule has 0 unspecified atom stereocenters. The molecule has 0 aliphatic rings. The predicted octanol–water partition coefficient (Wildman–Crippen LogP) is 3.48. The molecule has 17 heavy (non-hydrogen) atoms. The fourth-order valence-electron chi connectivity index (χ4n) is 1.62. The van der Waals surface area contributed by atoms with Gasteiger partial charge in [-0.2, -0.15) is 11.8 Å². The summed E-state index contributed by atoms with van der Waals surface area (Å²) < 4.78 is 1.05. The van der Waals surface area contributed by atoms with Gasteiger partial charge in [0, 0.05) is 22.2 Å². The molecule has 0 saturated heterocycles. The van der Waals surface area contributed by atoms with Crippen LogP contribution in [-0.4, -0.2) is 28.5 Å². The lowest BCUT2D eigenvalue weighted by Gasteiger charge is -2.09. The maximum Gasteiger partial charge on any atom is 0.137 e. The number of rotatable bonds is 4. The summed E-state index contributed by atoms with van der Waals surface area (Å²) in [6.07, 6.45) is 2.10. The van der Waals surface area contributed by atoms with Gasteiger partial charge in [-0.1, -0.05) is 15.9 Å². The van der Waals surface area contributed by atoms with Crippen molar-refractivity contribution < 1.29 is 0 Å². The minimum atomic E-state index is 0.798. The summed E-state index contributed by atoms with van der Waals surface area (Å²) in [6.45, 7) is 2.83. The Labute approximate surface area is 114 Å². The summed E-state index contributed by atoms with van der Waals surface area (Å²) in [5.74, 6) is 2.78. The van der Waals surface area contributed by atoms with Crippen molar-refractivity contribution in [2.75, 3.05) is 23.9 Å². The lowest BCUT2D eigenvalue weighted by Crippen LogP contribution is -2.07. The molecule has 1 aromatic carbocycles. The zero-order valence-electron chi connectivity index (χ0n) is 9.83. The molecule has 0 atom stereocenters. The minimum Gasteiger partial charge on any atom is -0.369 e. The zero-order valence-corrected chi connectivity index (χ0v) is 12.2. The highest BCUT2D eigenvalue weighted by molar-refractivity contribution is 9.10. The van der Waals surface area contributed by atoms with Crippen molar-refractivity contribution in [2.24, 2.45) is 0 Å². The molecular weight excluding hydrogens is 298 g/mol. The van der Waals surface area contributed by atoms with Crippen LogP contribution in [0.3, 0.4) is 0 Å². The van der Waals surface area contributed by atoms with E-state index in [1.54, 1.807) is 0 Å². The third-order valence-corrected chi connectivity index (χ3v) is 3.47. The van der Waals surface area contributed by atoms with Crippen molar-refractivity contribution >= 4 is 44.4 Å². The fraction of sp³-hybridized carbons (Fsp3) is 0.333. The Hall–Kier alpha value is -0.810. The van der Waals surface area contributed by atoms with Crippen molar-refractivity contribution in [1.29, 1.82) is 0 Å². The number of thioether (sulfide) groups is 1. The van der Waals surface area contributed by atoms with Crippen LogP contribution in [0.25, 0.3) is 10.9 Å². The quantitative estimate of drug-likeness (QED) is 0.877. The fourth-order valence-corrected chi connectivity index (χ4v) is 2.29. The summed E-state index contributed by atoms with van der Waals surface area (Å²) in [5, 5.41) is 4.43. The summed E-state index contributed by atoms with van der Waals surface area (Å²) in [5.41, 5.74) is 0.979. The van der Waals surface area contributed by atoms with Gasteiger partial charge in [0.2, 0.25) is 0 Å². The van der Waals surface area contributed by atoms with E-state index >= 15 is 0 Å². The molecule has 90 valence electrons. The Morgan fingerprint density at radius 3 is 2.94 bits per heavy atom. The van der Waals surface area contributed by atoms with Crippen molar-refractivity contribution in [3.63, 3.8) is 0 Å². The minimum absolute atomic E-state index is 0.798. The van der Waals surface area contributed by atoms with Crippen molar-refractivity contribution in [3.05, 3.63) is 28.5 Å². The van der Waals surface area contributed by atoms with Gasteiger partial charge < -0.3 is 5.32 Å². The van der Waals surface area contributed by atoms with Crippen LogP contribution < -0.4 is 5.32 Å². The van der Waals surface area contributed by atoms with E-state index in [2.05, 4.69) is 43.5 Å². The number of hydrogen-bond acceptors (Lipinski definition) is 4. The van der Waals surface area contributed by atoms with Crippen molar-refractivity contribution in [1.82, 2.24) is 9.97 Å². The highest BCUT2D eigenvalue weighted by Crippen LogP contribution is 2.24. The molecule has 0 radical (unpaired) electrons. The molecule has 0 aliphatic heterocycles. The summed E-state index contributed by atoms with van der Waals surface area (Å²) in [6, 6.07) is 6.06. The maximum absolute atomic E-state index is 4.46. The lowest BCUT2D eigenvalue weighted by atomic mass is 10.2. The van der Waals surface area contributed by atoms with E-state index in [1.807, 2.05) is 30.8 Å². The number of nitrogens with one attached hydrogen (secondary N) is 1. The van der Waals surface area contributed by atoms with E-state index in [0.29, 0.717) is 0 Å². The topological polar surface area (TPSA) is 37.8 Å². The first-order valence-electron chi connectivity index (χ1n) is 5.37. The maximum atomic E-state index is 4.46. The number of nitrogens with zero attached hydrogens (tertiary/aromatic N) is 2. The molecule has 0 saturated carbocycles. The number of hydrogen-bond donors (Lipinski definition) is 1. The Balaban J connectivity index is 2.40. The molecule has 1 heterocycles. The van der Waals surface area contributed by atoms with Crippen LogP contribution in [0.15, 0.2) is 22.7 Å². The largest absolute Gasteiger partial charge is 0.369 e. The van der Waals surface area contributed by atoms with Gasteiger partial charge in [0.1, 0.15) is 11.6 Å². The molecule has 0 bridgehead atoms. The van der Waals surface area contributed by atoms with E-state index in [-0.39, 0.29) is 0 Å². The molecule has 1 N–H and O–H groups in total. The first kappa shape index (κ1) is 12.6. The molecule has 0 aliphatic carbocycles. The molecule has 0 fully saturated rings. The number of halogens is 1. The molecule has 0 spiro atoms. The van der Waals surface area contributed by atoms with Gasteiger partial charge in [-0.25, -0.2) is 9.97 Å². The van der Waals surface area contributed by atoms with Gasteiger partial charge in [-0.3, -0.25) is 0 Å². The Morgan fingerprint density at radius 1 is 1.35 bits per heavy atom. The van der Waals surface area contributed by atoms with Gasteiger partial charge in [0.05, 0.1) is 5.52 Å². The average molecular weight is 312 g/mol. The van der Waals surface area contributed by atoms with Gasteiger partial charge in [-0.05, 0) is 31.4 Å². The summed E-state index contributed by atoms with van der Waals surface area (Å²) >= 11 is 5.30. The molecule has 5 heteroatoms. The normalized spacial score (nSPS) is 10.8. The van der Waals surface area contributed by atoms with Crippen LogP contribution in [0.1, 0.15) is 5.82 Å². The van der Waals surface area contributed by atoms with Crippen LogP contribution in [-0.2, 0) is 0 Å². The van der Waals surface area contributed by atoms with E-state index in [4.69, 9.17) is 0 Å². The summed E-state index contributed by atoms with van der Waals surface area (Å²) in [4.78, 5) is 8.89. The van der Waals surface area contributed by atoms with Gasteiger partial charge in [-0.15, -0.1) is 0 Å². The number of fused-ring (bicyclic) bond motifs is 1. The Bertz CT molecular complexity index is 530. The van der Waals surface area contributed by atoms with E-state index in [9.17, 15) is 0 Å². The molecule has 2 aromatic rings. The van der Waals surface area contributed by atoms with Crippen molar-refractivity contribution in [2.45, 2.75) is 6.92 Å². The van der Waals surface area contributed by atoms with Crippen LogP contribution in [0.4, 0.5) is 5.82 Å². The monoisotopic (exact) mass is 311 g/mol. The smallest absolute Gasteiger partial charge is 0.137 e. The highest BCUT2D eigenvalue weighted by atomic mass is 79.9. The molecule has 1 aromatic heterocycles. The molecule has 0 amide bonds. The second kappa shape index (κ2) is 5.69. The van der Waals surface area contributed by atoms with Gasteiger partial charge in [0.25, 0.3) is 0 Å². The third-order valence-electron chi connectivity index (χ3n) is 2.37. The Morgan fingerprint density at radius 2 is 2.18 bits per heavy atom. The number of aromatic nitrogens is 2. The third kappa shape index (κ3) is 3.10. The number of benzene rings is 1. The van der Waals surface area contributed by atoms with E-state index < -0.39 is 0 Å². The van der Waals surface area contributed by atoms with E-state index in [1.165, 1.54) is 0 Å². The zero-order chi connectivity index (χ0) is 12.3. The second-order valence-electron chi connectivity index (χ2n) is 3.70. The standard InChI is InChI=1S/C12H14BrN3S/c1-8-15-11-4-3-9(13)7-10(11)12(16-8)14-5-6-17-2/h3-4,7H,5-6H2,1-2H3,(H,14,15,16). The number of anilines is 1. The molecular formula is C12H14BrN3S. The average Bonchev–Trinajstić information content (AvgIpc) is 2.30. The number of aryl methyl sites for hydroxylation is 1. The molecule has 2 rings (SSSR count). The lowest BCUT2D eigenvalue weighted by molar-refractivity contribution is 1.07. The van der Waals surface area contributed by atoms with Crippen LogP contribution in [0, 0.1) is 6.92 Å². The van der Waals surface area contributed by atoms with Crippen LogP contribution in [0.5, 0.6) is 0 Å². The van der Waals surface area contributed by atoms with Crippen molar-refractivity contribution in [3.8, 4) is 0 Å². The van der Waals surface area contributed by atoms with E-state index in [0.717, 1.165) is 39.3 Å². The summed E-state index contributed by atoms with van der Waals surface area (Å²) in [7, 11) is 0. The SMILES string of the molecule is CSCCNc1nc(C)nc2ccc(Br)cc12. The first-order valence-corrected chi connectivity index (χ1v) is 7.56. The predicted molar refractivity (Wildman–Crippen MR) is 78.8 cm³/mol. The van der Waals surface area contributed by atoms with Gasteiger partial charge >= 0.3 is 0 Å². The first-order chi connectivity index (χ1) is 8.20. The Kier molecular flexibility index (Phi) is 4.23. The molecule has 3 nitrogen and oxygen atoms in total. The van der Waals surface area contributed by atoms with Crippen LogP contribution in [0.2, 0.25) is 0 Å². The highest BCUT2D eigenvalue weighted by Gasteiger charge is 2.05. The van der Waals surface area contributed by atoms with Gasteiger partial charge in [0.15, 0.2) is 0 Å².